The molecule has 0 N–H and O–H groups in total. The fraction of sp³-hybridized carbons (Fsp3) is 0.600. The van der Waals surface area contributed by atoms with Crippen molar-refractivity contribution in [2.24, 2.45) is 0 Å². The summed E-state index contributed by atoms with van der Waals surface area (Å²) in [5.41, 5.74) is 0. The molecule has 0 aromatic heterocycles. The predicted molar refractivity (Wildman–Crippen MR) is 47.6 cm³/mol. The maximum Gasteiger partial charge on any atom is 0.205 e. The van der Waals surface area contributed by atoms with E-state index in [9.17, 15) is 9.59 Å². The number of rotatable bonds is 4. The topological polar surface area (TPSA) is 34.1 Å². The van der Waals surface area contributed by atoms with Crippen molar-refractivity contribution in [3.05, 3.63) is 0 Å². The van der Waals surface area contributed by atoms with Crippen molar-refractivity contribution in [2.45, 2.75) is 39.5 Å². The van der Waals surface area contributed by atoms with Crippen LogP contribution in [0.1, 0.15) is 39.5 Å². The van der Waals surface area contributed by atoms with E-state index in [0.717, 1.165) is 0 Å². The van der Waals surface area contributed by atoms with Gasteiger partial charge in [-0.05, 0) is 19.3 Å². The molecule has 0 aliphatic heterocycles. The van der Waals surface area contributed by atoms with Crippen molar-refractivity contribution in [1.29, 1.82) is 0 Å². The maximum absolute atomic E-state index is 10.9. The third-order valence-corrected chi connectivity index (χ3v) is 1.34. The zero-order valence-corrected chi connectivity index (χ0v) is 7.64. The van der Waals surface area contributed by atoms with Gasteiger partial charge in [0, 0.05) is 19.3 Å². The van der Waals surface area contributed by atoms with Crippen LogP contribution in [0.15, 0.2) is 0 Å². The lowest BCUT2D eigenvalue weighted by Crippen LogP contribution is -1.96. The molecular formula is C10H14O2. The molecule has 0 rings (SSSR count). The SMILES string of the molecule is CCC#CC(=O)CCCC(C)=O. The van der Waals surface area contributed by atoms with Crippen LogP contribution in [0.2, 0.25) is 0 Å². The number of carbonyl (C=O) groups is 2. The molecule has 0 aliphatic carbocycles. The number of hydrogen-bond acceptors (Lipinski definition) is 2. The molecule has 0 fully saturated rings. The molecule has 0 spiro atoms. The van der Waals surface area contributed by atoms with E-state index in [2.05, 4.69) is 11.8 Å². The van der Waals surface area contributed by atoms with E-state index < -0.39 is 0 Å². The van der Waals surface area contributed by atoms with E-state index in [0.29, 0.717) is 25.7 Å². The molecule has 2 heteroatoms. The van der Waals surface area contributed by atoms with E-state index >= 15 is 0 Å². The van der Waals surface area contributed by atoms with Crippen LogP contribution in [0.4, 0.5) is 0 Å². The smallest absolute Gasteiger partial charge is 0.205 e. The highest BCUT2D eigenvalue weighted by molar-refractivity contribution is 5.95. The Balaban J connectivity index is 3.51. The molecule has 2 nitrogen and oxygen atoms in total. The van der Waals surface area contributed by atoms with Gasteiger partial charge in [0.05, 0.1) is 0 Å². The highest BCUT2D eigenvalue weighted by Gasteiger charge is 1.98. The quantitative estimate of drug-likeness (QED) is 0.471. The van der Waals surface area contributed by atoms with Crippen molar-refractivity contribution < 1.29 is 9.59 Å². The number of ketones is 2. The second-order valence-electron chi connectivity index (χ2n) is 2.63. The standard InChI is InChI=1S/C10H14O2/c1-3-4-7-10(12)8-5-6-9(2)11/h3,5-6,8H2,1-2H3. The van der Waals surface area contributed by atoms with Gasteiger partial charge in [-0.1, -0.05) is 12.8 Å². The summed E-state index contributed by atoms with van der Waals surface area (Å²) in [5.74, 6) is 5.28. The van der Waals surface area contributed by atoms with Gasteiger partial charge >= 0.3 is 0 Å². The van der Waals surface area contributed by atoms with E-state index in [1.54, 1.807) is 0 Å². The van der Waals surface area contributed by atoms with Crippen LogP contribution in [0, 0.1) is 11.8 Å². The van der Waals surface area contributed by atoms with E-state index in [4.69, 9.17) is 0 Å². The van der Waals surface area contributed by atoms with Crippen molar-refractivity contribution in [3.8, 4) is 11.8 Å². The van der Waals surface area contributed by atoms with E-state index in [1.165, 1.54) is 6.92 Å². The average molecular weight is 166 g/mol. The van der Waals surface area contributed by atoms with Gasteiger partial charge in [0.15, 0.2) is 0 Å². The molecule has 0 radical (unpaired) electrons. The van der Waals surface area contributed by atoms with Gasteiger partial charge < -0.3 is 4.79 Å². The predicted octanol–water partition coefficient (Wildman–Crippen LogP) is 1.73. The van der Waals surface area contributed by atoms with Gasteiger partial charge in [0.2, 0.25) is 5.78 Å². The summed E-state index contributed by atoms with van der Waals surface area (Å²) in [6.45, 7) is 3.43. The van der Waals surface area contributed by atoms with Crippen molar-refractivity contribution >= 4 is 11.6 Å². The van der Waals surface area contributed by atoms with Crippen molar-refractivity contribution in [3.63, 3.8) is 0 Å². The summed E-state index contributed by atoms with van der Waals surface area (Å²) in [7, 11) is 0. The fourth-order valence-corrected chi connectivity index (χ4v) is 0.747. The van der Waals surface area contributed by atoms with Crippen LogP contribution in [0.3, 0.4) is 0 Å². The Kier molecular flexibility index (Phi) is 6.00. The highest BCUT2D eigenvalue weighted by Crippen LogP contribution is 1.96. The van der Waals surface area contributed by atoms with Gasteiger partial charge in [-0.15, -0.1) is 0 Å². The van der Waals surface area contributed by atoms with Crippen molar-refractivity contribution in [2.75, 3.05) is 0 Å². The Morgan fingerprint density at radius 1 is 1.25 bits per heavy atom. The molecule has 0 saturated heterocycles. The number of Topliss-reactive ketones (excluding diaryl/α,β-unsaturated/α-hetero) is 2. The largest absolute Gasteiger partial charge is 0.300 e. The molecule has 0 unspecified atom stereocenters. The zero-order chi connectivity index (χ0) is 9.40. The minimum Gasteiger partial charge on any atom is -0.300 e. The Bertz CT molecular complexity index is 218. The molecule has 0 aliphatic rings. The van der Waals surface area contributed by atoms with Crippen LogP contribution in [0.5, 0.6) is 0 Å². The first kappa shape index (κ1) is 10.9. The van der Waals surface area contributed by atoms with Crippen LogP contribution in [-0.2, 0) is 9.59 Å². The lowest BCUT2D eigenvalue weighted by Gasteiger charge is -1.90. The molecular weight excluding hydrogens is 152 g/mol. The molecule has 0 bridgehead atoms. The van der Waals surface area contributed by atoms with Gasteiger partial charge in [-0.3, -0.25) is 4.79 Å². The summed E-state index contributed by atoms with van der Waals surface area (Å²) in [6, 6.07) is 0. The second-order valence-corrected chi connectivity index (χ2v) is 2.63. The van der Waals surface area contributed by atoms with E-state index in [1.807, 2.05) is 6.92 Å². The Hall–Kier alpha value is -1.10. The van der Waals surface area contributed by atoms with E-state index in [-0.39, 0.29) is 11.6 Å². The summed E-state index contributed by atoms with van der Waals surface area (Å²) < 4.78 is 0. The minimum atomic E-state index is -0.0573. The lowest BCUT2D eigenvalue weighted by molar-refractivity contribution is -0.117. The summed E-state index contributed by atoms with van der Waals surface area (Å²) >= 11 is 0. The average Bonchev–Trinajstić information content (AvgIpc) is 2.00. The molecule has 66 valence electrons. The first-order valence-electron chi connectivity index (χ1n) is 4.18. The summed E-state index contributed by atoms with van der Waals surface area (Å²) in [5, 5.41) is 0. The third-order valence-electron chi connectivity index (χ3n) is 1.34. The van der Waals surface area contributed by atoms with Crippen LogP contribution < -0.4 is 0 Å². The first-order chi connectivity index (χ1) is 5.66. The summed E-state index contributed by atoms with van der Waals surface area (Å²) in [4.78, 5) is 21.4. The van der Waals surface area contributed by atoms with Crippen LogP contribution in [-0.4, -0.2) is 11.6 Å². The normalized spacial score (nSPS) is 8.50. The molecule has 0 atom stereocenters. The number of hydrogen-bond donors (Lipinski definition) is 0. The van der Waals surface area contributed by atoms with Crippen molar-refractivity contribution in [1.82, 2.24) is 0 Å². The molecule has 0 aromatic carbocycles. The van der Waals surface area contributed by atoms with Gasteiger partial charge in [-0.2, -0.15) is 0 Å². The molecule has 0 aromatic rings. The van der Waals surface area contributed by atoms with Gasteiger partial charge in [0.1, 0.15) is 5.78 Å². The molecule has 0 amide bonds. The maximum atomic E-state index is 10.9. The van der Waals surface area contributed by atoms with Crippen LogP contribution >= 0.6 is 0 Å². The zero-order valence-electron chi connectivity index (χ0n) is 7.64. The van der Waals surface area contributed by atoms with Gasteiger partial charge in [0.25, 0.3) is 0 Å². The second kappa shape index (κ2) is 6.60. The Morgan fingerprint density at radius 2 is 1.92 bits per heavy atom. The molecule has 12 heavy (non-hydrogen) atoms. The Morgan fingerprint density at radius 3 is 2.42 bits per heavy atom. The minimum absolute atomic E-state index is 0.0573. The lowest BCUT2D eigenvalue weighted by atomic mass is 10.1. The first-order valence-corrected chi connectivity index (χ1v) is 4.18. The Labute approximate surface area is 73.3 Å². The molecule has 0 heterocycles. The van der Waals surface area contributed by atoms with Crippen LogP contribution in [0.25, 0.3) is 0 Å². The third kappa shape index (κ3) is 7.01. The fourth-order valence-electron chi connectivity index (χ4n) is 0.747. The molecule has 0 saturated carbocycles. The van der Waals surface area contributed by atoms with Gasteiger partial charge in [-0.25, -0.2) is 0 Å². The monoisotopic (exact) mass is 166 g/mol. The summed E-state index contributed by atoms with van der Waals surface area (Å²) in [6.07, 6.45) is 2.23. The number of carbonyl (C=O) groups excluding carboxylic acids is 2. The highest BCUT2D eigenvalue weighted by atomic mass is 16.1.